The Kier molecular flexibility index (Phi) is 3.50. The second-order valence-corrected chi connectivity index (χ2v) is 6.67. The van der Waals surface area contributed by atoms with Crippen LogP contribution in [0.3, 0.4) is 0 Å². The van der Waals surface area contributed by atoms with Crippen LogP contribution in [0, 0.1) is 10.1 Å². The van der Waals surface area contributed by atoms with Crippen LogP contribution in [0.2, 0.25) is 0 Å². The first-order chi connectivity index (χ1) is 9.74. The van der Waals surface area contributed by atoms with E-state index in [4.69, 9.17) is 0 Å². The summed E-state index contributed by atoms with van der Waals surface area (Å²) in [4.78, 5) is 10.3. The summed E-state index contributed by atoms with van der Waals surface area (Å²) in [5.41, 5.74) is 0.141. The van der Waals surface area contributed by atoms with Gasteiger partial charge in [-0.15, -0.1) is 0 Å². The van der Waals surface area contributed by atoms with Gasteiger partial charge in [-0.1, -0.05) is 0 Å². The average molecular weight is 328 g/mol. The monoisotopic (exact) mass is 329 g/mol. The van der Waals surface area contributed by atoms with Crippen molar-refractivity contribution in [3.63, 3.8) is 0 Å². The molecule has 20 heavy (non-hydrogen) atoms. The molecule has 0 aliphatic carbocycles. The topological polar surface area (TPSA) is 43.1 Å². The molecule has 0 fully saturated rings. The normalized spacial score (nSPS) is 10.6. The molecule has 0 aliphatic rings. The molecule has 3 nitrogen and oxygen atoms in total. The van der Waals surface area contributed by atoms with Crippen molar-refractivity contribution in [2.75, 3.05) is 0 Å². The van der Waals surface area contributed by atoms with E-state index in [-0.39, 0.29) is 25.6 Å². The van der Waals surface area contributed by atoms with Crippen molar-refractivity contribution in [3.8, 4) is 0 Å². The van der Waals surface area contributed by atoms with Crippen LogP contribution in [0.25, 0.3) is 10.8 Å². The molecule has 3 rings (SSSR count). The second-order valence-electron chi connectivity index (χ2n) is 4.33. The van der Waals surface area contributed by atoms with E-state index < -0.39 is 0 Å². The number of hydrogen-bond donors (Lipinski definition) is 0. The Labute approximate surface area is 122 Å². The fraction of sp³-hybridized carbons (Fsp3) is 0. The van der Waals surface area contributed by atoms with Gasteiger partial charge in [0, 0.05) is 0 Å². The molecular weight excluding hydrogens is 317 g/mol. The Bertz CT molecular complexity index is 764. The van der Waals surface area contributed by atoms with Crippen molar-refractivity contribution in [1.82, 2.24) is 0 Å². The minimum atomic E-state index is -0.366. The third kappa shape index (κ3) is 2.57. The molecule has 3 aromatic carbocycles. The Morgan fingerprint density at radius 1 is 0.850 bits per heavy atom. The first-order valence-electron chi connectivity index (χ1n) is 6.14. The molecule has 0 unspecified atom stereocenters. The zero-order valence-electron chi connectivity index (χ0n) is 10.5. The number of fused-ring (bicyclic) bond motifs is 1. The third-order valence-electron chi connectivity index (χ3n) is 3.02. The van der Waals surface area contributed by atoms with Crippen LogP contribution in [-0.4, -0.2) is 19.9 Å². The van der Waals surface area contributed by atoms with Gasteiger partial charge in [-0.05, 0) is 0 Å². The predicted molar refractivity (Wildman–Crippen MR) is 82.1 cm³/mol. The molecule has 0 saturated carbocycles. The van der Waals surface area contributed by atoms with Gasteiger partial charge in [0.2, 0.25) is 0 Å². The van der Waals surface area contributed by atoms with Gasteiger partial charge in [0.25, 0.3) is 0 Å². The summed E-state index contributed by atoms with van der Waals surface area (Å²) in [6, 6.07) is 21.4. The number of hydrogen-bond acceptors (Lipinski definition) is 2. The molecule has 0 saturated heterocycles. The van der Waals surface area contributed by atoms with Crippen LogP contribution in [-0.2, 0) is 0 Å². The molecule has 0 bridgehead atoms. The maximum absolute atomic E-state index is 10.7. The standard InChI is InChI=1S/C16H11NO2Se/c18-17(19)13-8-10-14(11-9-13)20-16-7-3-5-12-4-1-2-6-15(12)16/h1-11H. The van der Waals surface area contributed by atoms with Crippen LogP contribution in [0.15, 0.2) is 66.7 Å². The SMILES string of the molecule is O=[N+]([O-])c1ccc([Se]c2cccc3ccccc23)cc1. The molecule has 0 atom stereocenters. The fourth-order valence-electron chi connectivity index (χ4n) is 2.05. The number of benzene rings is 3. The predicted octanol–water partition coefficient (Wildman–Crippen LogP) is 2.40. The van der Waals surface area contributed by atoms with Gasteiger partial charge in [-0.3, -0.25) is 0 Å². The Balaban J connectivity index is 1.95. The maximum atomic E-state index is 10.7. The Hall–Kier alpha value is -2.16. The summed E-state index contributed by atoms with van der Waals surface area (Å²) in [6.07, 6.45) is 0. The first-order valence-corrected chi connectivity index (χ1v) is 7.85. The first kappa shape index (κ1) is 12.9. The van der Waals surface area contributed by atoms with Gasteiger partial charge < -0.3 is 0 Å². The van der Waals surface area contributed by atoms with E-state index in [1.165, 1.54) is 15.2 Å². The van der Waals surface area contributed by atoms with Crippen molar-refractivity contribution in [2.24, 2.45) is 0 Å². The molecular formula is C16H11NO2Se. The summed E-state index contributed by atoms with van der Waals surface area (Å²) in [6.45, 7) is 0. The van der Waals surface area contributed by atoms with Gasteiger partial charge in [-0.25, -0.2) is 0 Å². The molecule has 3 aromatic rings. The number of nitrogens with zero attached hydrogens (tertiary/aromatic N) is 1. The van der Waals surface area contributed by atoms with E-state index in [1.807, 2.05) is 24.3 Å². The zero-order chi connectivity index (χ0) is 13.9. The fourth-order valence-corrected chi connectivity index (χ4v) is 4.08. The van der Waals surface area contributed by atoms with Gasteiger partial charge >= 0.3 is 122 Å². The summed E-state index contributed by atoms with van der Waals surface area (Å²) in [7, 11) is 0. The van der Waals surface area contributed by atoms with Crippen LogP contribution in [0.1, 0.15) is 0 Å². The van der Waals surface area contributed by atoms with E-state index in [1.54, 1.807) is 12.1 Å². The number of non-ortho nitro benzene ring substituents is 1. The van der Waals surface area contributed by atoms with E-state index >= 15 is 0 Å². The van der Waals surface area contributed by atoms with Gasteiger partial charge in [0.1, 0.15) is 0 Å². The van der Waals surface area contributed by atoms with E-state index in [9.17, 15) is 10.1 Å². The minimum absolute atomic E-state index is 0.141. The van der Waals surface area contributed by atoms with Crippen molar-refractivity contribution in [3.05, 3.63) is 76.8 Å². The van der Waals surface area contributed by atoms with E-state index in [0.717, 1.165) is 4.46 Å². The Morgan fingerprint density at radius 3 is 2.30 bits per heavy atom. The molecule has 0 radical (unpaired) electrons. The summed E-state index contributed by atoms with van der Waals surface area (Å²) >= 11 is 0.149. The van der Waals surface area contributed by atoms with Crippen LogP contribution in [0.4, 0.5) is 5.69 Å². The molecule has 98 valence electrons. The molecule has 0 aliphatic heterocycles. The number of rotatable bonds is 3. The molecule has 0 aromatic heterocycles. The molecule has 4 heteroatoms. The van der Waals surface area contributed by atoms with Crippen molar-refractivity contribution < 1.29 is 4.92 Å². The summed E-state index contributed by atoms with van der Waals surface area (Å²) in [5.74, 6) is 0. The molecule has 0 amide bonds. The van der Waals surface area contributed by atoms with Crippen LogP contribution >= 0.6 is 0 Å². The summed E-state index contributed by atoms with van der Waals surface area (Å²) in [5, 5.41) is 13.1. The average Bonchev–Trinajstić information content (AvgIpc) is 2.48. The van der Waals surface area contributed by atoms with E-state index in [0.29, 0.717) is 0 Å². The van der Waals surface area contributed by atoms with Crippen molar-refractivity contribution in [1.29, 1.82) is 0 Å². The van der Waals surface area contributed by atoms with Gasteiger partial charge in [0.05, 0.1) is 0 Å². The quantitative estimate of drug-likeness (QED) is 0.421. The van der Waals surface area contributed by atoms with Crippen LogP contribution in [0.5, 0.6) is 0 Å². The zero-order valence-corrected chi connectivity index (χ0v) is 12.2. The van der Waals surface area contributed by atoms with E-state index in [2.05, 4.69) is 30.3 Å². The second kappa shape index (κ2) is 5.45. The van der Waals surface area contributed by atoms with Gasteiger partial charge in [0.15, 0.2) is 0 Å². The molecule has 0 N–H and O–H groups in total. The molecule has 0 heterocycles. The summed E-state index contributed by atoms with van der Waals surface area (Å²) < 4.78 is 2.43. The Morgan fingerprint density at radius 2 is 1.55 bits per heavy atom. The van der Waals surface area contributed by atoms with Crippen molar-refractivity contribution >= 4 is 40.3 Å². The molecule has 0 spiro atoms. The van der Waals surface area contributed by atoms with Crippen molar-refractivity contribution in [2.45, 2.75) is 0 Å². The third-order valence-corrected chi connectivity index (χ3v) is 5.30. The van der Waals surface area contributed by atoms with Gasteiger partial charge in [-0.2, -0.15) is 0 Å². The number of nitro benzene ring substituents is 1. The number of nitro groups is 1. The van der Waals surface area contributed by atoms with Crippen LogP contribution < -0.4 is 8.92 Å².